The van der Waals surface area contributed by atoms with Crippen molar-refractivity contribution in [1.82, 2.24) is 15.1 Å². The van der Waals surface area contributed by atoms with Crippen molar-refractivity contribution in [2.24, 2.45) is 0 Å². The van der Waals surface area contributed by atoms with Gasteiger partial charge in [0.2, 0.25) is 18.4 Å². The monoisotopic (exact) mass is 504 g/mol. The minimum Gasteiger partial charge on any atom is -0.493 e. The first-order valence-corrected chi connectivity index (χ1v) is 11.9. The third-order valence-electron chi connectivity index (χ3n) is 6.34. The Morgan fingerprint density at radius 2 is 1.59 bits per heavy atom. The van der Waals surface area contributed by atoms with E-state index >= 15 is 0 Å². The number of anilines is 1. The third-order valence-corrected chi connectivity index (χ3v) is 6.34. The molecule has 192 valence electrons. The molecule has 5 rings (SSSR count). The van der Waals surface area contributed by atoms with Crippen molar-refractivity contribution < 1.29 is 28.5 Å². The number of amides is 1. The van der Waals surface area contributed by atoms with E-state index in [-0.39, 0.29) is 12.7 Å². The van der Waals surface area contributed by atoms with Gasteiger partial charge in [-0.15, -0.1) is 10.2 Å². The number of hydrogen-bond donors (Lipinski definition) is 0. The molecule has 1 aromatic heterocycles. The van der Waals surface area contributed by atoms with Gasteiger partial charge in [0.1, 0.15) is 0 Å². The molecule has 0 N–H and O–H groups in total. The second-order valence-corrected chi connectivity index (χ2v) is 8.45. The van der Waals surface area contributed by atoms with Crippen LogP contribution in [0.5, 0.6) is 28.7 Å². The fourth-order valence-corrected chi connectivity index (χ4v) is 4.33. The van der Waals surface area contributed by atoms with Gasteiger partial charge in [0.15, 0.2) is 28.8 Å². The van der Waals surface area contributed by atoms with E-state index in [1.165, 1.54) is 0 Å². The summed E-state index contributed by atoms with van der Waals surface area (Å²) in [5.74, 6) is 3.75. The second-order valence-electron chi connectivity index (χ2n) is 8.45. The molecule has 1 saturated heterocycles. The summed E-state index contributed by atoms with van der Waals surface area (Å²) in [5, 5.41) is 8.82. The van der Waals surface area contributed by atoms with Gasteiger partial charge in [-0.25, -0.2) is 0 Å². The van der Waals surface area contributed by atoms with Gasteiger partial charge >= 0.3 is 0 Å². The van der Waals surface area contributed by atoms with Gasteiger partial charge in [-0.1, -0.05) is 0 Å². The van der Waals surface area contributed by atoms with Gasteiger partial charge in [0.05, 0.1) is 27.0 Å². The first kappa shape index (κ1) is 24.2. The van der Waals surface area contributed by atoms with Crippen LogP contribution < -0.4 is 28.6 Å². The van der Waals surface area contributed by atoms with Crippen molar-refractivity contribution in [3.05, 3.63) is 54.1 Å². The summed E-state index contributed by atoms with van der Waals surface area (Å²) >= 11 is 0. The molecule has 0 atom stereocenters. The molecule has 1 amide bonds. The largest absolute Gasteiger partial charge is 0.493 e. The van der Waals surface area contributed by atoms with Crippen molar-refractivity contribution in [2.75, 3.05) is 59.2 Å². The van der Waals surface area contributed by atoms with Gasteiger partial charge in [0, 0.05) is 37.8 Å². The number of carbonyl (C=O) groups is 1. The number of nitrogens with zero attached hydrogens (tertiary/aromatic N) is 4. The summed E-state index contributed by atoms with van der Waals surface area (Å²) in [6.07, 6.45) is 3.32. The fourth-order valence-electron chi connectivity index (χ4n) is 4.33. The first-order valence-electron chi connectivity index (χ1n) is 11.9. The minimum atomic E-state index is -0.0577. The normalized spacial score (nSPS) is 14.7. The highest BCUT2D eigenvalue weighted by Gasteiger charge is 2.21. The summed E-state index contributed by atoms with van der Waals surface area (Å²) in [5.41, 5.74) is 2.45. The Labute approximate surface area is 215 Å². The van der Waals surface area contributed by atoms with Gasteiger partial charge in [-0.05, 0) is 54.1 Å². The van der Waals surface area contributed by atoms with Crippen molar-refractivity contribution in [1.29, 1.82) is 0 Å². The van der Waals surface area contributed by atoms with E-state index in [4.69, 9.17) is 23.7 Å². The average molecular weight is 505 g/mol. The SMILES string of the molecule is COc1cc(/C=C/C(=O)N2CCN(c3ccc(-c4ccc5c(c4)OCO5)nn3)CC2)cc(OC)c1OC. The zero-order valence-corrected chi connectivity index (χ0v) is 21.0. The Hall–Kier alpha value is -4.47. The van der Waals surface area contributed by atoms with Gasteiger partial charge in [-0.2, -0.15) is 0 Å². The zero-order chi connectivity index (χ0) is 25.8. The van der Waals surface area contributed by atoms with Crippen LogP contribution >= 0.6 is 0 Å². The molecule has 10 heteroatoms. The molecule has 0 bridgehead atoms. The maximum atomic E-state index is 12.8. The van der Waals surface area contributed by atoms with Crippen LogP contribution in [0.3, 0.4) is 0 Å². The molecule has 2 aromatic carbocycles. The molecule has 3 aromatic rings. The van der Waals surface area contributed by atoms with Gasteiger partial charge in [-0.3, -0.25) is 4.79 Å². The van der Waals surface area contributed by atoms with E-state index < -0.39 is 0 Å². The lowest BCUT2D eigenvalue weighted by atomic mass is 10.1. The quantitative estimate of drug-likeness (QED) is 0.449. The number of methoxy groups -OCH3 is 3. The van der Waals surface area contributed by atoms with Crippen molar-refractivity contribution in [3.8, 4) is 40.0 Å². The number of rotatable bonds is 7. The molecular formula is C27H28N4O6. The second kappa shape index (κ2) is 10.7. The molecule has 37 heavy (non-hydrogen) atoms. The lowest BCUT2D eigenvalue weighted by Gasteiger charge is -2.34. The molecule has 0 aliphatic carbocycles. The minimum absolute atomic E-state index is 0.0577. The van der Waals surface area contributed by atoms with Gasteiger partial charge < -0.3 is 33.5 Å². The van der Waals surface area contributed by atoms with E-state index in [1.54, 1.807) is 45.6 Å². The maximum Gasteiger partial charge on any atom is 0.246 e. The van der Waals surface area contributed by atoms with E-state index in [0.717, 1.165) is 28.4 Å². The summed E-state index contributed by atoms with van der Waals surface area (Å²) in [4.78, 5) is 16.8. The van der Waals surface area contributed by atoms with Crippen LogP contribution in [0.15, 0.2) is 48.5 Å². The molecule has 0 radical (unpaired) electrons. The molecular weight excluding hydrogens is 476 g/mol. The van der Waals surface area contributed by atoms with Crippen molar-refractivity contribution in [2.45, 2.75) is 0 Å². The number of aromatic nitrogens is 2. The summed E-state index contributed by atoms with van der Waals surface area (Å²) in [6, 6.07) is 13.2. The average Bonchev–Trinajstić information content (AvgIpc) is 3.43. The van der Waals surface area contributed by atoms with Crippen molar-refractivity contribution in [3.63, 3.8) is 0 Å². The lowest BCUT2D eigenvalue weighted by Crippen LogP contribution is -2.48. The molecule has 3 heterocycles. The number of hydrogen-bond acceptors (Lipinski definition) is 9. The third kappa shape index (κ3) is 5.09. The highest BCUT2D eigenvalue weighted by molar-refractivity contribution is 5.92. The summed E-state index contributed by atoms with van der Waals surface area (Å²) in [7, 11) is 4.67. The predicted molar refractivity (Wildman–Crippen MR) is 138 cm³/mol. The fraction of sp³-hybridized carbons (Fsp3) is 0.296. The Balaban J connectivity index is 1.19. The molecule has 0 saturated carbocycles. The Morgan fingerprint density at radius 3 is 2.24 bits per heavy atom. The van der Waals surface area contributed by atoms with E-state index in [0.29, 0.717) is 49.2 Å². The van der Waals surface area contributed by atoms with E-state index in [2.05, 4.69) is 15.1 Å². The van der Waals surface area contributed by atoms with Crippen LogP contribution in [0.25, 0.3) is 17.3 Å². The van der Waals surface area contributed by atoms with Gasteiger partial charge in [0.25, 0.3) is 0 Å². The summed E-state index contributed by atoms with van der Waals surface area (Å²) in [6.45, 7) is 2.75. The molecule has 10 nitrogen and oxygen atoms in total. The number of carbonyl (C=O) groups excluding carboxylic acids is 1. The lowest BCUT2D eigenvalue weighted by molar-refractivity contribution is -0.126. The number of ether oxygens (including phenoxy) is 5. The first-order chi connectivity index (χ1) is 18.1. The van der Waals surface area contributed by atoms with Crippen LogP contribution in [-0.2, 0) is 4.79 Å². The van der Waals surface area contributed by atoms with Crippen LogP contribution in [0.4, 0.5) is 5.82 Å². The molecule has 0 unspecified atom stereocenters. The Kier molecular flexibility index (Phi) is 6.98. The topological polar surface area (TPSA) is 95.5 Å². The summed E-state index contributed by atoms with van der Waals surface area (Å²) < 4.78 is 26.9. The van der Waals surface area contributed by atoms with Crippen LogP contribution in [0.2, 0.25) is 0 Å². The Morgan fingerprint density at radius 1 is 0.865 bits per heavy atom. The number of fused-ring (bicyclic) bond motifs is 1. The predicted octanol–water partition coefficient (Wildman–Crippen LogP) is 3.26. The maximum absolute atomic E-state index is 12.8. The Bertz CT molecular complexity index is 1280. The van der Waals surface area contributed by atoms with E-state index in [9.17, 15) is 4.79 Å². The molecule has 1 fully saturated rings. The van der Waals surface area contributed by atoms with Crippen LogP contribution in [-0.4, -0.2) is 75.3 Å². The number of benzene rings is 2. The highest BCUT2D eigenvalue weighted by atomic mass is 16.7. The van der Waals surface area contributed by atoms with E-state index in [1.807, 2.05) is 35.2 Å². The van der Waals surface area contributed by atoms with Crippen molar-refractivity contribution >= 4 is 17.8 Å². The molecule has 2 aliphatic rings. The van der Waals surface area contributed by atoms with Crippen LogP contribution in [0, 0.1) is 0 Å². The van der Waals surface area contributed by atoms with Crippen LogP contribution in [0.1, 0.15) is 5.56 Å². The highest BCUT2D eigenvalue weighted by Crippen LogP contribution is 2.38. The smallest absolute Gasteiger partial charge is 0.246 e. The molecule has 2 aliphatic heterocycles. The molecule has 0 spiro atoms. The standard InChI is InChI=1S/C27H28N4O6/c1-33-23-14-18(15-24(34-2)27(23)35-3)4-9-26(32)31-12-10-30(11-13-31)25-8-6-20(28-29-25)19-5-7-21-22(16-19)37-17-36-21/h4-9,14-16H,10-13,17H2,1-3H3/b9-4+. The number of piperazine rings is 1. The zero-order valence-electron chi connectivity index (χ0n) is 21.0.